The Morgan fingerprint density at radius 1 is 1.50 bits per heavy atom. The van der Waals surface area contributed by atoms with E-state index in [0.29, 0.717) is 5.92 Å². The number of β-amino-alcohol motifs (C(OH)–C–C–N with tert-alkyl or cyclic N) is 1. The van der Waals surface area contributed by atoms with Gasteiger partial charge in [-0.2, -0.15) is 0 Å². The highest BCUT2D eigenvalue weighted by Gasteiger charge is 2.23. The van der Waals surface area contributed by atoms with Crippen LogP contribution in [0.3, 0.4) is 0 Å². The largest absolute Gasteiger partial charge is 0.391 e. The molecular formula is C8H17NO. The van der Waals surface area contributed by atoms with E-state index in [9.17, 15) is 5.11 Å². The maximum Gasteiger partial charge on any atom is 0.0704 e. The van der Waals surface area contributed by atoms with Crippen LogP contribution >= 0.6 is 0 Å². The van der Waals surface area contributed by atoms with E-state index in [1.807, 2.05) is 0 Å². The molecule has 0 bridgehead atoms. The molecule has 0 radical (unpaired) electrons. The SMILES string of the molecule is CCCC[C@H]1CNC[C@H]1O. The Labute approximate surface area is 62.6 Å². The first-order valence-corrected chi connectivity index (χ1v) is 4.23. The van der Waals surface area contributed by atoms with Crippen molar-refractivity contribution >= 4 is 0 Å². The number of unbranched alkanes of at least 4 members (excludes halogenated alkanes) is 1. The highest BCUT2D eigenvalue weighted by atomic mass is 16.3. The average Bonchev–Trinajstić information content (AvgIpc) is 2.31. The zero-order valence-corrected chi connectivity index (χ0v) is 6.64. The van der Waals surface area contributed by atoms with Crippen LogP contribution in [0.4, 0.5) is 0 Å². The predicted octanol–water partition coefficient (Wildman–Crippen LogP) is 0.757. The van der Waals surface area contributed by atoms with Crippen molar-refractivity contribution in [3.05, 3.63) is 0 Å². The molecule has 1 rings (SSSR count). The summed E-state index contributed by atoms with van der Waals surface area (Å²) in [5, 5.41) is 12.5. The van der Waals surface area contributed by atoms with Gasteiger partial charge < -0.3 is 10.4 Å². The van der Waals surface area contributed by atoms with Gasteiger partial charge in [-0.1, -0.05) is 19.8 Å². The summed E-state index contributed by atoms with van der Waals surface area (Å²) in [6.45, 7) is 4.00. The molecule has 1 saturated heterocycles. The third-order valence-corrected chi connectivity index (χ3v) is 2.23. The minimum atomic E-state index is -0.0773. The molecule has 0 aromatic carbocycles. The van der Waals surface area contributed by atoms with Crippen LogP contribution in [0, 0.1) is 5.92 Å². The van der Waals surface area contributed by atoms with Crippen LogP contribution < -0.4 is 5.32 Å². The van der Waals surface area contributed by atoms with Gasteiger partial charge in [-0.3, -0.25) is 0 Å². The van der Waals surface area contributed by atoms with Gasteiger partial charge >= 0.3 is 0 Å². The molecule has 0 spiro atoms. The molecule has 2 atom stereocenters. The van der Waals surface area contributed by atoms with Gasteiger partial charge in [-0.05, 0) is 12.3 Å². The predicted molar refractivity (Wildman–Crippen MR) is 41.9 cm³/mol. The van der Waals surface area contributed by atoms with Crippen molar-refractivity contribution in [2.75, 3.05) is 13.1 Å². The highest BCUT2D eigenvalue weighted by Crippen LogP contribution is 2.15. The second-order valence-electron chi connectivity index (χ2n) is 3.13. The second kappa shape index (κ2) is 3.94. The van der Waals surface area contributed by atoms with E-state index in [-0.39, 0.29) is 6.10 Å². The van der Waals surface area contributed by atoms with E-state index < -0.39 is 0 Å². The fourth-order valence-electron chi connectivity index (χ4n) is 1.48. The van der Waals surface area contributed by atoms with Crippen molar-refractivity contribution in [1.82, 2.24) is 5.32 Å². The van der Waals surface area contributed by atoms with Gasteiger partial charge in [0.2, 0.25) is 0 Å². The summed E-state index contributed by atoms with van der Waals surface area (Å²) >= 11 is 0. The lowest BCUT2D eigenvalue weighted by Gasteiger charge is -2.11. The Morgan fingerprint density at radius 3 is 2.80 bits per heavy atom. The fraction of sp³-hybridized carbons (Fsp3) is 1.00. The molecule has 1 aliphatic rings. The lowest BCUT2D eigenvalue weighted by Crippen LogP contribution is -2.17. The molecular weight excluding hydrogens is 126 g/mol. The van der Waals surface area contributed by atoms with Gasteiger partial charge in [0, 0.05) is 13.1 Å². The van der Waals surface area contributed by atoms with Crippen molar-refractivity contribution in [2.24, 2.45) is 5.92 Å². The Hall–Kier alpha value is -0.0800. The van der Waals surface area contributed by atoms with E-state index in [1.165, 1.54) is 19.3 Å². The summed E-state index contributed by atoms with van der Waals surface area (Å²) in [7, 11) is 0. The van der Waals surface area contributed by atoms with Crippen LogP contribution in [0.1, 0.15) is 26.2 Å². The average molecular weight is 143 g/mol. The number of aliphatic hydroxyl groups is 1. The van der Waals surface area contributed by atoms with E-state index in [0.717, 1.165) is 13.1 Å². The smallest absolute Gasteiger partial charge is 0.0704 e. The molecule has 0 aromatic rings. The van der Waals surface area contributed by atoms with Gasteiger partial charge in [0.1, 0.15) is 0 Å². The zero-order chi connectivity index (χ0) is 7.40. The summed E-state index contributed by atoms with van der Waals surface area (Å²) in [6, 6.07) is 0. The van der Waals surface area contributed by atoms with Crippen LogP contribution in [0.5, 0.6) is 0 Å². The fourth-order valence-corrected chi connectivity index (χ4v) is 1.48. The number of hydrogen-bond acceptors (Lipinski definition) is 2. The first-order valence-electron chi connectivity index (χ1n) is 4.23. The quantitative estimate of drug-likeness (QED) is 0.611. The molecule has 2 nitrogen and oxygen atoms in total. The highest BCUT2D eigenvalue weighted by molar-refractivity contribution is 4.79. The molecule has 1 aliphatic heterocycles. The Balaban J connectivity index is 2.14. The monoisotopic (exact) mass is 143 g/mol. The molecule has 0 unspecified atom stereocenters. The molecule has 0 aliphatic carbocycles. The van der Waals surface area contributed by atoms with E-state index >= 15 is 0 Å². The van der Waals surface area contributed by atoms with Gasteiger partial charge in [-0.25, -0.2) is 0 Å². The van der Waals surface area contributed by atoms with Crippen LogP contribution in [0.2, 0.25) is 0 Å². The molecule has 10 heavy (non-hydrogen) atoms. The Kier molecular flexibility index (Phi) is 3.16. The molecule has 60 valence electrons. The number of aliphatic hydroxyl groups excluding tert-OH is 1. The molecule has 1 fully saturated rings. The standard InChI is InChI=1S/C8H17NO/c1-2-3-4-7-5-9-6-8(7)10/h7-10H,2-6H2,1H3/t7-,8+/m0/s1. The van der Waals surface area contributed by atoms with Crippen LogP contribution in [0.25, 0.3) is 0 Å². The van der Waals surface area contributed by atoms with Crippen molar-refractivity contribution in [3.63, 3.8) is 0 Å². The third kappa shape index (κ3) is 1.96. The summed E-state index contributed by atoms with van der Waals surface area (Å²) in [5.74, 6) is 0.528. The Bertz CT molecular complexity index is 95.3. The molecule has 1 heterocycles. The van der Waals surface area contributed by atoms with Crippen molar-refractivity contribution in [2.45, 2.75) is 32.3 Å². The maximum absolute atomic E-state index is 9.35. The summed E-state index contributed by atoms with van der Waals surface area (Å²) in [5.41, 5.74) is 0. The van der Waals surface area contributed by atoms with Gasteiger partial charge in [0.15, 0.2) is 0 Å². The molecule has 0 saturated carbocycles. The summed E-state index contributed by atoms with van der Waals surface area (Å²) < 4.78 is 0. The zero-order valence-electron chi connectivity index (χ0n) is 6.64. The third-order valence-electron chi connectivity index (χ3n) is 2.23. The number of rotatable bonds is 3. The number of hydrogen-bond donors (Lipinski definition) is 2. The maximum atomic E-state index is 9.35. The first kappa shape index (κ1) is 8.02. The van der Waals surface area contributed by atoms with Gasteiger partial charge in [-0.15, -0.1) is 0 Å². The summed E-state index contributed by atoms with van der Waals surface area (Å²) in [4.78, 5) is 0. The molecule has 0 amide bonds. The Morgan fingerprint density at radius 2 is 2.30 bits per heavy atom. The minimum Gasteiger partial charge on any atom is -0.391 e. The molecule has 2 N–H and O–H groups in total. The van der Waals surface area contributed by atoms with E-state index in [2.05, 4.69) is 12.2 Å². The lowest BCUT2D eigenvalue weighted by molar-refractivity contribution is 0.141. The van der Waals surface area contributed by atoms with Gasteiger partial charge in [0.25, 0.3) is 0 Å². The minimum absolute atomic E-state index is 0.0773. The first-order chi connectivity index (χ1) is 4.84. The van der Waals surface area contributed by atoms with E-state index in [1.54, 1.807) is 0 Å². The molecule has 0 aromatic heterocycles. The van der Waals surface area contributed by atoms with Crippen molar-refractivity contribution in [3.8, 4) is 0 Å². The van der Waals surface area contributed by atoms with Crippen LogP contribution in [-0.2, 0) is 0 Å². The molecule has 2 heteroatoms. The summed E-state index contributed by atoms with van der Waals surface area (Å²) in [6.07, 6.45) is 3.60. The van der Waals surface area contributed by atoms with Gasteiger partial charge in [0.05, 0.1) is 6.10 Å². The number of nitrogens with one attached hydrogen (secondary N) is 1. The normalized spacial score (nSPS) is 33.0. The van der Waals surface area contributed by atoms with E-state index in [4.69, 9.17) is 0 Å². The van der Waals surface area contributed by atoms with Crippen molar-refractivity contribution in [1.29, 1.82) is 0 Å². The lowest BCUT2D eigenvalue weighted by atomic mass is 9.99. The van der Waals surface area contributed by atoms with Crippen molar-refractivity contribution < 1.29 is 5.11 Å². The second-order valence-corrected chi connectivity index (χ2v) is 3.13. The van der Waals surface area contributed by atoms with Crippen LogP contribution in [0.15, 0.2) is 0 Å². The topological polar surface area (TPSA) is 32.3 Å². The van der Waals surface area contributed by atoms with Crippen LogP contribution in [-0.4, -0.2) is 24.3 Å².